The predicted octanol–water partition coefficient (Wildman–Crippen LogP) is 3.91. The van der Waals surface area contributed by atoms with Crippen LogP contribution in [0.25, 0.3) is 0 Å². The van der Waals surface area contributed by atoms with E-state index in [2.05, 4.69) is 16.0 Å². The zero-order chi connectivity index (χ0) is 18.9. The van der Waals surface area contributed by atoms with E-state index in [1.54, 1.807) is 16.4 Å². The van der Waals surface area contributed by atoms with E-state index in [1.165, 1.54) is 19.3 Å². The molecule has 0 radical (unpaired) electrons. The number of rotatable bonds is 4. The molecule has 0 N–H and O–H groups in total. The Morgan fingerprint density at radius 3 is 2.44 bits per heavy atom. The van der Waals surface area contributed by atoms with Crippen molar-refractivity contribution in [3.05, 3.63) is 53.7 Å². The molecule has 0 amide bonds. The van der Waals surface area contributed by atoms with Gasteiger partial charge >= 0.3 is 0 Å². The fourth-order valence-corrected chi connectivity index (χ4v) is 5.90. The molecule has 4 rings (SSSR count). The van der Waals surface area contributed by atoms with Gasteiger partial charge in [-0.15, -0.1) is 0 Å². The number of nitrogens with zero attached hydrogens (tertiary/aromatic N) is 3. The second-order valence-electron chi connectivity index (χ2n) is 7.55. The molecule has 144 valence electrons. The van der Waals surface area contributed by atoms with Crippen molar-refractivity contribution in [1.82, 2.24) is 9.29 Å². The highest BCUT2D eigenvalue weighted by Crippen LogP contribution is 2.40. The Morgan fingerprint density at radius 1 is 0.963 bits per heavy atom. The lowest BCUT2D eigenvalue weighted by molar-refractivity contribution is 0.395. The van der Waals surface area contributed by atoms with E-state index >= 15 is 0 Å². The van der Waals surface area contributed by atoms with Crippen molar-refractivity contribution in [3.8, 4) is 0 Å². The standard InChI is InChI=1S/C21H27N3O2S/c1-17-9-11-18(12-10-17)27(25,26)24-16-6-8-20(24)19-7-5-13-22-21(19)23-14-3-2-4-15-23/h5,7,9-13,20H,2-4,6,8,14-16H2,1H3. The van der Waals surface area contributed by atoms with Gasteiger partial charge in [0.15, 0.2) is 0 Å². The van der Waals surface area contributed by atoms with Crippen molar-refractivity contribution in [1.29, 1.82) is 0 Å². The van der Waals surface area contributed by atoms with Gasteiger partial charge in [0.2, 0.25) is 10.0 Å². The van der Waals surface area contributed by atoms with Crippen LogP contribution in [0.1, 0.15) is 49.3 Å². The first-order valence-electron chi connectivity index (χ1n) is 9.86. The molecule has 2 aromatic rings. The number of piperidine rings is 1. The van der Waals surface area contributed by atoms with Crippen LogP contribution >= 0.6 is 0 Å². The van der Waals surface area contributed by atoms with Crippen LogP contribution in [-0.2, 0) is 10.0 Å². The molecule has 1 aromatic heterocycles. The molecule has 0 aliphatic carbocycles. The molecule has 0 saturated carbocycles. The highest BCUT2D eigenvalue weighted by Gasteiger charge is 2.38. The summed E-state index contributed by atoms with van der Waals surface area (Å²) in [5, 5.41) is 0. The van der Waals surface area contributed by atoms with Crippen molar-refractivity contribution in [2.75, 3.05) is 24.5 Å². The molecule has 1 aromatic carbocycles. The minimum absolute atomic E-state index is 0.137. The fourth-order valence-electron chi connectivity index (χ4n) is 4.22. The molecule has 5 nitrogen and oxygen atoms in total. The second-order valence-corrected chi connectivity index (χ2v) is 9.44. The maximum Gasteiger partial charge on any atom is 0.243 e. The normalized spacial score (nSPS) is 21.5. The van der Waals surface area contributed by atoms with E-state index in [9.17, 15) is 8.42 Å². The zero-order valence-corrected chi connectivity index (χ0v) is 16.7. The number of anilines is 1. The van der Waals surface area contributed by atoms with E-state index in [-0.39, 0.29) is 6.04 Å². The molecule has 2 saturated heterocycles. The van der Waals surface area contributed by atoms with E-state index in [1.807, 2.05) is 31.3 Å². The van der Waals surface area contributed by atoms with Gasteiger partial charge in [0.05, 0.1) is 10.9 Å². The molecular weight excluding hydrogens is 358 g/mol. The molecule has 0 spiro atoms. The summed E-state index contributed by atoms with van der Waals surface area (Å²) < 4.78 is 28.3. The van der Waals surface area contributed by atoms with Crippen LogP contribution in [0.2, 0.25) is 0 Å². The van der Waals surface area contributed by atoms with Crippen LogP contribution in [0.3, 0.4) is 0 Å². The smallest absolute Gasteiger partial charge is 0.243 e. The van der Waals surface area contributed by atoms with Gasteiger partial charge in [-0.25, -0.2) is 13.4 Å². The molecule has 2 aliphatic rings. The van der Waals surface area contributed by atoms with Crippen LogP contribution in [0.15, 0.2) is 47.5 Å². The first-order chi connectivity index (χ1) is 13.1. The first-order valence-corrected chi connectivity index (χ1v) is 11.3. The van der Waals surface area contributed by atoms with E-state index in [4.69, 9.17) is 0 Å². The number of aromatic nitrogens is 1. The van der Waals surface area contributed by atoms with Gasteiger partial charge in [-0.3, -0.25) is 0 Å². The molecule has 2 aliphatic heterocycles. The average Bonchev–Trinajstić information content (AvgIpc) is 3.20. The Labute approximate surface area is 162 Å². The lowest BCUT2D eigenvalue weighted by Gasteiger charge is -2.32. The van der Waals surface area contributed by atoms with Gasteiger partial charge in [0, 0.05) is 31.4 Å². The van der Waals surface area contributed by atoms with E-state index < -0.39 is 10.0 Å². The Bertz CT molecular complexity index is 890. The van der Waals surface area contributed by atoms with Gasteiger partial charge in [0.25, 0.3) is 0 Å². The molecule has 0 bridgehead atoms. The Hall–Kier alpha value is -1.92. The van der Waals surface area contributed by atoms with E-state index in [0.29, 0.717) is 11.4 Å². The van der Waals surface area contributed by atoms with Crippen LogP contribution in [0.5, 0.6) is 0 Å². The van der Waals surface area contributed by atoms with Crippen LogP contribution in [0, 0.1) is 6.92 Å². The lowest BCUT2D eigenvalue weighted by atomic mass is 10.0. The zero-order valence-electron chi connectivity index (χ0n) is 15.8. The summed E-state index contributed by atoms with van der Waals surface area (Å²) in [7, 11) is -3.51. The molecule has 1 unspecified atom stereocenters. The van der Waals surface area contributed by atoms with Crippen LogP contribution in [0.4, 0.5) is 5.82 Å². The topological polar surface area (TPSA) is 53.5 Å². The van der Waals surface area contributed by atoms with Gasteiger partial charge < -0.3 is 4.90 Å². The third-order valence-corrected chi connectivity index (χ3v) is 7.59. The summed E-state index contributed by atoms with van der Waals surface area (Å²) in [5.41, 5.74) is 2.11. The minimum atomic E-state index is -3.51. The molecular formula is C21H27N3O2S. The molecule has 2 fully saturated rings. The molecule has 27 heavy (non-hydrogen) atoms. The third kappa shape index (κ3) is 3.60. The predicted molar refractivity (Wildman–Crippen MR) is 107 cm³/mol. The fraction of sp³-hybridized carbons (Fsp3) is 0.476. The third-order valence-electron chi connectivity index (χ3n) is 5.66. The van der Waals surface area contributed by atoms with Crippen molar-refractivity contribution in [3.63, 3.8) is 0 Å². The second kappa shape index (κ2) is 7.60. The number of hydrogen-bond acceptors (Lipinski definition) is 4. The first kappa shape index (κ1) is 18.4. The summed E-state index contributed by atoms with van der Waals surface area (Å²) in [6, 6.07) is 11.0. The van der Waals surface area contributed by atoms with Crippen LogP contribution in [-0.4, -0.2) is 37.3 Å². The SMILES string of the molecule is Cc1ccc(S(=O)(=O)N2CCCC2c2cccnc2N2CCCCC2)cc1. The Kier molecular flexibility index (Phi) is 5.19. The highest BCUT2D eigenvalue weighted by atomic mass is 32.2. The summed E-state index contributed by atoms with van der Waals surface area (Å²) in [6.45, 7) is 4.54. The number of pyridine rings is 1. The van der Waals surface area contributed by atoms with Crippen molar-refractivity contribution < 1.29 is 8.42 Å². The van der Waals surface area contributed by atoms with Crippen molar-refractivity contribution in [2.24, 2.45) is 0 Å². The number of benzene rings is 1. The maximum absolute atomic E-state index is 13.3. The molecule has 1 atom stereocenters. The Balaban J connectivity index is 1.69. The molecule has 3 heterocycles. The maximum atomic E-state index is 13.3. The molecule has 6 heteroatoms. The number of aryl methyl sites for hydroxylation is 1. The number of sulfonamides is 1. The van der Waals surface area contributed by atoms with Gasteiger partial charge in [-0.1, -0.05) is 23.8 Å². The van der Waals surface area contributed by atoms with Crippen molar-refractivity contribution >= 4 is 15.8 Å². The monoisotopic (exact) mass is 385 g/mol. The summed E-state index contributed by atoms with van der Waals surface area (Å²) >= 11 is 0. The lowest BCUT2D eigenvalue weighted by Crippen LogP contribution is -2.34. The quantitative estimate of drug-likeness (QED) is 0.801. The highest BCUT2D eigenvalue weighted by molar-refractivity contribution is 7.89. The number of hydrogen-bond donors (Lipinski definition) is 0. The minimum Gasteiger partial charge on any atom is -0.356 e. The summed E-state index contributed by atoms with van der Waals surface area (Å²) in [5.74, 6) is 0.966. The van der Waals surface area contributed by atoms with Crippen molar-refractivity contribution in [2.45, 2.75) is 50.0 Å². The van der Waals surface area contributed by atoms with Gasteiger partial charge in [0.1, 0.15) is 5.82 Å². The summed E-state index contributed by atoms with van der Waals surface area (Å²) in [4.78, 5) is 7.36. The largest absolute Gasteiger partial charge is 0.356 e. The van der Waals surface area contributed by atoms with Gasteiger partial charge in [-0.05, 0) is 57.2 Å². The Morgan fingerprint density at radius 2 is 1.70 bits per heavy atom. The summed E-state index contributed by atoms with van der Waals surface area (Å²) in [6.07, 6.45) is 7.15. The van der Waals surface area contributed by atoms with Gasteiger partial charge in [-0.2, -0.15) is 4.31 Å². The average molecular weight is 386 g/mol. The van der Waals surface area contributed by atoms with Crippen LogP contribution < -0.4 is 4.90 Å². The van der Waals surface area contributed by atoms with E-state index in [0.717, 1.165) is 42.9 Å².